The second-order valence-corrected chi connectivity index (χ2v) is 7.04. The monoisotopic (exact) mass is 387 g/mol. The number of hydrogen-bond donors (Lipinski definition) is 0. The molecule has 0 unspecified atom stereocenters. The zero-order valence-corrected chi connectivity index (χ0v) is 15.8. The predicted octanol–water partition coefficient (Wildman–Crippen LogP) is 4.06. The Morgan fingerprint density at radius 2 is 1.57 bits per heavy atom. The number of benzene rings is 1. The normalized spacial score (nSPS) is 11.3. The van der Waals surface area contributed by atoms with Gasteiger partial charge in [0.15, 0.2) is 5.82 Å². The van der Waals surface area contributed by atoms with Crippen LogP contribution in [0.4, 0.5) is 0 Å². The third-order valence-electron chi connectivity index (χ3n) is 5.12. The second-order valence-electron chi connectivity index (χ2n) is 7.04. The van der Waals surface area contributed by atoms with E-state index in [0.29, 0.717) is 5.82 Å². The second kappa shape index (κ2) is 6.63. The predicted molar refractivity (Wildman–Crippen MR) is 115 cm³/mol. The molecule has 0 radical (unpaired) electrons. The zero-order valence-electron chi connectivity index (χ0n) is 15.8. The summed E-state index contributed by atoms with van der Waals surface area (Å²) in [5, 5.41) is 4.16. The molecule has 1 aromatic carbocycles. The van der Waals surface area contributed by atoms with Crippen LogP contribution in [0.25, 0.3) is 49.9 Å². The van der Waals surface area contributed by atoms with Gasteiger partial charge in [-0.1, -0.05) is 18.2 Å². The van der Waals surface area contributed by atoms with Crippen molar-refractivity contribution in [3.8, 4) is 17.3 Å². The summed E-state index contributed by atoms with van der Waals surface area (Å²) in [5.41, 5.74) is 2.48. The first-order chi connectivity index (χ1) is 14.8. The number of hydrogen-bond acceptors (Lipinski definition) is 5. The molecule has 6 aromatic rings. The fraction of sp³-hybridized carbons (Fsp3) is 0. The minimum atomic E-state index is 0.611. The molecule has 0 amide bonds. The Hall–Kier alpha value is -4.32. The van der Waals surface area contributed by atoms with Gasteiger partial charge in [-0.05, 0) is 35.3 Å². The highest BCUT2D eigenvalue weighted by Crippen LogP contribution is 2.20. The number of pyridine rings is 4. The molecule has 6 nitrogen and oxygen atoms in total. The Balaban J connectivity index is 1.46. The molecule has 5 heterocycles. The zero-order chi connectivity index (χ0) is 19.9. The minimum absolute atomic E-state index is 0.611. The molecule has 0 saturated heterocycles. The van der Waals surface area contributed by atoms with Gasteiger partial charge in [-0.25, -0.2) is 19.5 Å². The Labute approximate surface area is 171 Å². The Kier molecular flexibility index (Phi) is 3.67. The largest absolute Gasteiger partial charge is 0.329 e. The van der Waals surface area contributed by atoms with Crippen LogP contribution in [-0.2, 0) is 0 Å². The summed E-state index contributed by atoms with van der Waals surface area (Å²) in [6.45, 7) is 0. The van der Waals surface area contributed by atoms with Crippen LogP contribution in [0.2, 0.25) is 0 Å². The van der Waals surface area contributed by atoms with Gasteiger partial charge in [0.1, 0.15) is 18.1 Å². The number of rotatable bonds is 2. The fourth-order valence-electron chi connectivity index (χ4n) is 3.54. The van der Waals surface area contributed by atoms with Crippen molar-refractivity contribution in [1.82, 2.24) is 24.9 Å². The van der Waals surface area contributed by atoms with Gasteiger partial charge >= 0.3 is 5.82 Å². The highest BCUT2D eigenvalue weighted by Gasteiger charge is 2.12. The number of para-hydroxylation sites is 1. The van der Waals surface area contributed by atoms with Crippen molar-refractivity contribution in [2.45, 2.75) is 0 Å². The van der Waals surface area contributed by atoms with Crippen molar-refractivity contribution in [2.24, 2.45) is 0 Å². The van der Waals surface area contributed by atoms with E-state index in [1.807, 2.05) is 90.1 Å². The molecule has 0 spiro atoms. The third kappa shape index (κ3) is 2.82. The molecular weight excluding hydrogens is 372 g/mol. The van der Waals surface area contributed by atoms with Crippen molar-refractivity contribution in [3.63, 3.8) is 0 Å². The molecule has 0 atom stereocenters. The molecule has 0 aliphatic heterocycles. The maximum absolute atomic E-state index is 4.81. The van der Waals surface area contributed by atoms with E-state index in [2.05, 4.69) is 19.9 Å². The van der Waals surface area contributed by atoms with Crippen LogP contribution in [0.1, 0.15) is 0 Å². The summed E-state index contributed by atoms with van der Waals surface area (Å²) in [7, 11) is 0. The topological polar surface area (TPSA) is 68.3 Å². The highest BCUT2D eigenvalue weighted by molar-refractivity contribution is 5.83. The highest BCUT2D eigenvalue weighted by atomic mass is 15.0. The molecule has 0 aliphatic rings. The quantitative estimate of drug-likeness (QED) is 0.419. The summed E-state index contributed by atoms with van der Waals surface area (Å²) in [4.78, 5) is 22.7. The summed E-state index contributed by atoms with van der Waals surface area (Å²) < 4.78 is 1.99. The van der Waals surface area contributed by atoms with Gasteiger partial charge in [-0.15, -0.1) is 0 Å². The number of fused-ring (bicyclic) bond motifs is 3. The molecule has 30 heavy (non-hydrogen) atoms. The molecule has 6 rings (SSSR count). The Morgan fingerprint density at radius 1 is 0.667 bits per heavy atom. The standard InChI is InChI=1S/C24H15N6/c1-2-4-20-17(3-1)14-27-24(29-20)21-6-5-18-13-26-23(11-22(18)28-21)30-10-8-16-12-25-9-7-19(16)15-30/h1-15H/q+1. The summed E-state index contributed by atoms with van der Waals surface area (Å²) >= 11 is 0. The van der Waals surface area contributed by atoms with Crippen LogP contribution >= 0.6 is 0 Å². The first-order valence-electron chi connectivity index (χ1n) is 9.58. The van der Waals surface area contributed by atoms with E-state index in [4.69, 9.17) is 4.98 Å². The molecular formula is C24H15N6+. The Morgan fingerprint density at radius 3 is 2.57 bits per heavy atom. The lowest BCUT2D eigenvalue weighted by atomic mass is 10.2. The van der Waals surface area contributed by atoms with E-state index in [0.717, 1.165) is 44.1 Å². The van der Waals surface area contributed by atoms with Crippen LogP contribution in [0.5, 0.6) is 0 Å². The average molecular weight is 387 g/mol. The minimum Gasteiger partial charge on any atom is -0.264 e. The van der Waals surface area contributed by atoms with Crippen molar-refractivity contribution >= 4 is 32.6 Å². The van der Waals surface area contributed by atoms with Crippen LogP contribution < -0.4 is 4.57 Å². The lowest BCUT2D eigenvalue weighted by Crippen LogP contribution is -2.30. The number of aromatic nitrogens is 6. The van der Waals surface area contributed by atoms with Crippen LogP contribution in [0.3, 0.4) is 0 Å². The molecule has 0 bridgehead atoms. The average Bonchev–Trinajstić information content (AvgIpc) is 2.82. The van der Waals surface area contributed by atoms with E-state index in [1.165, 1.54) is 0 Å². The summed E-state index contributed by atoms with van der Waals surface area (Å²) in [6, 6.07) is 17.9. The van der Waals surface area contributed by atoms with Gasteiger partial charge in [-0.2, -0.15) is 0 Å². The smallest absolute Gasteiger partial charge is 0.264 e. The first-order valence-corrected chi connectivity index (χ1v) is 9.58. The molecule has 5 aromatic heterocycles. The van der Waals surface area contributed by atoms with Crippen molar-refractivity contribution in [3.05, 3.63) is 91.8 Å². The van der Waals surface area contributed by atoms with E-state index in [-0.39, 0.29) is 0 Å². The van der Waals surface area contributed by atoms with Gasteiger partial charge in [0.25, 0.3) is 0 Å². The maximum Gasteiger partial charge on any atom is 0.329 e. The van der Waals surface area contributed by atoms with Gasteiger partial charge in [0.2, 0.25) is 0 Å². The van der Waals surface area contributed by atoms with Gasteiger partial charge < -0.3 is 0 Å². The first kappa shape index (κ1) is 16.6. The third-order valence-corrected chi connectivity index (χ3v) is 5.12. The van der Waals surface area contributed by atoms with Crippen molar-refractivity contribution in [1.29, 1.82) is 0 Å². The lowest BCUT2D eigenvalue weighted by Gasteiger charge is -2.04. The summed E-state index contributed by atoms with van der Waals surface area (Å²) in [6.07, 6.45) is 11.3. The molecule has 6 heteroatoms. The number of nitrogens with zero attached hydrogens (tertiary/aromatic N) is 6. The van der Waals surface area contributed by atoms with Gasteiger partial charge in [0.05, 0.1) is 23.3 Å². The van der Waals surface area contributed by atoms with Crippen LogP contribution in [-0.4, -0.2) is 24.9 Å². The molecule has 0 aliphatic carbocycles. The molecule has 0 saturated carbocycles. The summed E-state index contributed by atoms with van der Waals surface area (Å²) in [5.74, 6) is 1.41. The van der Waals surface area contributed by atoms with Crippen molar-refractivity contribution in [2.75, 3.05) is 0 Å². The Bertz CT molecular complexity index is 1450. The van der Waals surface area contributed by atoms with E-state index in [9.17, 15) is 0 Å². The van der Waals surface area contributed by atoms with E-state index >= 15 is 0 Å². The van der Waals surface area contributed by atoms with E-state index in [1.54, 1.807) is 6.20 Å². The van der Waals surface area contributed by atoms with Crippen LogP contribution in [0, 0.1) is 0 Å². The van der Waals surface area contributed by atoms with Crippen molar-refractivity contribution < 1.29 is 4.57 Å². The van der Waals surface area contributed by atoms with Gasteiger partial charge in [-0.3, -0.25) is 4.98 Å². The maximum atomic E-state index is 4.81. The van der Waals surface area contributed by atoms with E-state index < -0.39 is 0 Å². The lowest BCUT2D eigenvalue weighted by molar-refractivity contribution is -0.598. The molecule has 0 fully saturated rings. The van der Waals surface area contributed by atoms with Gasteiger partial charge in [0, 0.05) is 40.1 Å². The fourth-order valence-corrected chi connectivity index (χ4v) is 3.54. The molecule has 140 valence electrons. The van der Waals surface area contributed by atoms with Crippen LogP contribution in [0.15, 0.2) is 91.8 Å². The SMILES string of the molecule is c1ccc2nc(-c3ccc4cnc(-[n+]5ccc6cnccc6c5)cc4n3)ncc2c1. The molecule has 0 N–H and O–H groups in total.